The maximum atomic E-state index is 6.47. The number of hydrogen-bond acceptors (Lipinski definition) is 2. The summed E-state index contributed by atoms with van der Waals surface area (Å²) in [6.07, 6.45) is 10.4. The van der Waals surface area contributed by atoms with Crippen LogP contribution in [0.2, 0.25) is 0 Å². The van der Waals surface area contributed by atoms with Crippen LogP contribution in [0.4, 0.5) is 0 Å². The summed E-state index contributed by atoms with van der Waals surface area (Å²) < 4.78 is 0. The Bertz CT molecular complexity index is 302. The standard InChI is InChI=1S/C16H28N2/c17-16-14-5-4-13(7-14)15(16)10-18-8-11-2-1-3-12(6-11)9-18/h11-16H,1-10,17H2. The maximum Gasteiger partial charge on any atom is 0.0111 e. The summed E-state index contributed by atoms with van der Waals surface area (Å²) in [6, 6.07) is 0.533. The van der Waals surface area contributed by atoms with Crippen molar-refractivity contribution in [3.8, 4) is 0 Å². The van der Waals surface area contributed by atoms with E-state index in [4.69, 9.17) is 5.73 Å². The number of piperidine rings is 1. The van der Waals surface area contributed by atoms with Crippen LogP contribution in [0.1, 0.15) is 44.9 Å². The molecule has 0 amide bonds. The molecule has 0 aromatic heterocycles. The molecular formula is C16H28N2. The van der Waals surface area contributed by atoms with E-state index in [0.717, 1.165) is 29.6 Å². The molecule has 1 saturated heterocycles. The van der Waals surface area contributed by atoms with Crippen LogP contribution in [-0.2, 0) is 0 Å². The van der Waals surface area contributed by atoms with Crippen molar-refractivity contribution >= 4 is 0 Å². The minimum atomic E-state index is 0.533. The Hall–Kier alpha value is -0.0800. The first kappa shape index (κ1) is 11.7. The number of rotatable bonds is 2. The molecule has 2 nitrogen and oxygen atoms in total. The topological polar surface area (TPSA) is 29.3 Å². The maximum absolute atomic E-state index is 6.47. The normalized spacial score (nSPS) is 51.8. The van der Waals surface area contributed by atoms with E-state index in [-0.39, 0.29) is 0 Å². The zero-order chi connectivity index (χ0) is 12.1. The molecule has 0 aromatic rings. The Morgan fingerprint density at radius 1 is 0.889 bits per heavy atom. The molecule has 4 rings (SSSR count). The summed E-state index contributed by atoms with van der Waals surface area (Å²) in [5, 5.41) is 0. The highest BCUT2D eigenvalue weighted by Crippen LogP contribution is 2.48. The first-order chi connectivity index (χ1) is 8.79. The summed E-state index contributed by atoms with van der Waals surface area (Å²) in [5.74, 6) is 4.73. The van der Waals surface area contributed by atoms with E-state index in [9.17, 15) is 0 Å². The number of hydrogen-bond donors (Lipinski definition) is 1. The Kier molecular flexibility index (Phi) is 2.92. The molecule has 4 bridgehead atoms. The number of nitrogens with zero attached hydrogens (tertiary/aromatic N) is 1. The average molecular weight is 248 g/mol. The second-order valence-corrected chi connectivity index (χ2v) is 7.69. The van der Waals surface area contributed by atoms with E-state index in [1.54, 1.807) is 0 Å². The molecule has 6 unspecified atom stereocenters. The van der Waals surface area contributed by atoms with Gasteiger partial charge in [-0.05, 0) is 68.1 Å². The predicted octanol–water partition coefficient (Wildman–Crippen LogP) is 2.48. The summed E-state index contributed by atoms with van der Waals surface area (Å²) in [4.78, 5) is 2.79. The van der Waals surface area contributed by atoms with Crippen LogP contribution >= 0.6 is 0 Å². The number of likely N-dealkylation sites (tertiary alicyclic amines) is 1. The van der Waals surface area contributed by atoms with Crippen molar-refractivity contribution in [3.05, 3.63) is 0 Å². The van der Waals surface area contributed by atoms with Crippen molar-refractivity contribution in [1.82, 2.24) is 4.90 Å². The van der Waals surface area contributed by atoms with Gasteiger partial charge in [-0.1, -0.05) is 6.42 Å². The average Bonchev–Trinajstić information content (AvgIpc) is 2.93. The van der Waals surface area contributed by atoms with E-state index >= 15 is 0 Å². The zero-order valence-corrected chi connectivity index (χ0v) is 11.6. The SMILES string of the molecule is NC1C2CCC(C2)C1CN1CC2CCCC(C2)C1. The lowest BCUT2D eigenvalue weighted by Gasteiger charge is -2.43. The second kappa shape index (κ2) is 4.49. The molecule has 18 heavy (non-hydrogen) atoms. The van der Waals surface area contributed by atoms with Crippen LogP contribution in [0.15, 0.2) is 0 Å². The molecule has 2 N–H and O–H groups in total. The molecule has 0 spiro atoms. The first-order valence-electron chi connectivity index (χ1n) is 8.27. The zero-order valence-electron chi connectivity index (χ0n) is 11.6. The van der Waals surface area contributed by atoms with Gasteiger partial charge in [0.1, 0.15) is 0 Å². The fourth-order valence-electron chi connectivity index (χ4n) is 5.71. The largest absolute Gasteiger partial charge is 0.327 e. The van der Waals surface area contributed by atoms with Gasteiger partial charge in [0.2, 0.25) is 0 Å². The molecular weight excluding hydrogens is 220 g/mol. The number of nitrogens with two attached hydrogens (primary N) is 1. The lowest BCUT2D eigenvalue weighted by molar-refractivity contribution is 0.0616. The molecule has 1 heterocycles. The van der Waals surface area contributed by atoms with Gasteiger partial charge in [0.15, 0.2) is 0 Å². The van der Waals surface area contributed by atoms with E-state index in [2.05, 4.69) is 4.90 Å². The van der Waals surface area contributed by atoms with Crippen molar-refractivity contribution < 1.29 is 0 Å². The molecule has 3 aliphatic carbocycles. The molecule has 6 atom stereocenters. The lowest BCUT2D eigenvalue weighted by atomic mass is 9.77. The minimum absolute atomic E-state index is 0.533. The molecule has 1 aliphatic heterocycles. The molecule has 0 aromatic carbocycles. The first-order valence-corrected chi connectivity index (χ1v) is 8.27. The van der Waals surface area contributed by atoms with Crippen LogP contribution in [0.25, 0.3) is 0 Å². The summed E-state index contributed by atoms with van der Waals surface area (Å²) in [7, 11) is 0. The molecule has 102 valence electrons. The second-order valence-electron chi connectivity index (χ2n) is 7.69. The van der Waals surface area contributed by atoms with Crippen LogP contribution in [0.3, 0.4) is 0 Å². The van der Waals surface area contributed by atoms with Crippen molar-refractivity contribution in [2.24, 2.45) is 35.3 Å². The van der Waals surface area contributed by atoms with E-state index in [1.165, 1.54) is 64.6 Å². The molecule has 3 saturated carbocycles. The highest BCUT2D eigenvalue weighted by molar-refractivity contribution is 5.00. The fourth-order valence-corrected chi connectivity index (χ4v) is 5.71. The van der Waals surface area contributed by atoms with Gasteiger partial charge in [0, 0.05) is 25.7 Å². The molecule has 4 aliphatic rings. The highest BCUT2D eigenvalue weighted by Gasteiger charge is 2.46. The van der Waals surface area contributed by atoms with Gasteiger partial charge in [-0.2, -0.15) is 0 Å². The van der Waals surface area contributed by atoms with Gasteiger partial charge in [-0.3, -0.25) is 0 Å². The van der Waals surface area contributed by atoms with E-state index < -0.39 is 0 Å². The van der Waals surface area contributed by atoms with Crippen molar-refractivity contribution in [2.45, 2.75) is 51.0 Å². The number of fused-ring (bicyclic) bond motifs is 4. The van der Waals surface area contributed by atoms with Crippen molar-refractivity contribution in [1.29, 1.82) is 0 Å². The van der Waals surface area contributed by atoms with Crippen LogP contribution < -0.4 is 5.73 Å². The van der Waals surface area contributed by atoms with E-state index in [1.807, 2.05) is 0 Å². The van der Waals surface area contributed by atoms with E-state index in [0.29, 0.717) is 6.04 Å². The van der Waals surface area contributed by atoms with Gasteiger partial charge in [0.05, 0.1) is 0 Å². The Morgan fingerprint density at radius 3 is 2.28 bits per heavy atom. The van der Waals surface area contributed by atoms with Gasteiger partial charge in [-0.25, -0.2) is 0 Å². The van der Waals surface area contributed by atoms with Crippen molar-refractivity contribution in [3.63, 3.8) is 0 Å². The van der Waals surface area contributed by atoms with Gasteiger partial charge >= 0.3 is 0 Å². The van der Waals surface area contributed by atoms with Gasteiger partial charge < -0.3 is 10.6 Å². The quantitative estimate of drug-likeness (QED) is 0.813. The third-order valence-electron chi connectivity index (χ3n) is 6.55. The summed E-state index contributed by atoms with van der Waals surface area (Å²) in [6.45, 7) is 4.10. The molecule has 0 radical (unpaired) electrons. The van der Waals surface area contributed by atoms with Gasteiger partial charge in [0.25, 0.3) is 0 Å². The highest BCUT2D eigenvalue weighted by atomic mass is 15.1. The minimum Gasteiger partial charge on any atom is -0.327 e. The van der Waals surface area contributed by atoms with Crippen molar-refractivity contribution in [2.75, 3.05) is 19.6 Å². The molecule has 2 heteroatoms. The third-order valence-corrected chi connectivity index (χ3v) is 6.55. The smallest absolute Gasteiger partial charge is 0.0111 e. The lowest BCUT2D eigenvalue weighted by Crippen LogP contribution is -2.48. The summed E-state index contributed by atoms with van der Waals surface area (Å²) in [5.41, 5.74) is 6.47. The van der Waals surface area contributed by atoms with Crippen LogP contribution in [0, 0.1) is 29.6 Å². The van der Waals surface area contributed by atoms with Crippen LogP contribution in [-0.4, -0.2) is 30.6 Å². The summed E-state index contributed by atoms with van der Waals surface area (Å²) >= 11 is 0. The monoisotopic (exact) mass is 248 g/mol. The Morgan fingerprint density at radius 2 is 1.61 bits per heavy atom. The third kappa shape index (κ3) is 1.92. The van der Waals surface area contributed by atoms with Gasteiger partial charge in [-0.15, -0.1) is 0 Å². The van der Waals surface area contributed by atoms with Crippen LogP contribution in [0.5, 0.6) is 0 Å². The Labute approximate surface area is 111 Å². The fraction of sp³-hybridized carbons (Fsp3) is 1.00. The predicted molar refractivity (Wildman–Crippen MR) is 74.2 cm³/mol. The Balaban J connectivity index is 1.40. The molecule has 4 fully saturated rings.